The molecular formula is C18H34N2O6S. The van der Waals surface area contributed by atoms with Crippen LogP contribution in [0.15, 0.2) is 0 Å². The predicted octanol–water partition coefficient (Wildman–Crippen LogP) is 2.18. The van der Waals surface area contributed by atoms with Crippen LogP contribution in [0.4, 0.5) is 0 Å². The van der Waals surface area contributed by atoms with Gasteiger partial charge in [-0.2, -0.15) is 12.7 Å². The fourth-order valence-corrected chi connectivity index (χ4v) is 4.83. The molecule has 0 aromatic carbocycles. The lowest BCUT2D eigenvalue weighted by atomic mass is 9.95. The molecule has 0 spiro atoms. The van der Waals surface area contributed by atoms with Crippen LogP contribution < -0.4 is 0 Å². The zero-order valence-electron chi connectivity index (χ0n) is 16.3. The lowest BCUT2D eigenvalue weighted by Gasteiger charge is -2.33. The van der Waals surface area contributed by atoms with E-state index >= 15 is 0 Å². The summed E-state index contributed by atoms with van der Waals surface area (Å²) in [6.45, 7) is 5.12. The lowest BCUT2D eigenvalue weighted by molar-refractivity contribution is -0.154. The smallest absolute Gasteiger partial charge is 0.329 e. The van der Waals surface area contributed by atoms with Gasteiger partial charge in [0, 0.05) is 45.4 Å². The molecule has 0 aliphatic carbocycles. The Hall–Kier alpha value is -0.740. The molecule has 0 unspecified atom stereocenters. The number of hydrogen-bond donors (Lipinski definition) is 1. The van der Waals surface area contributed by atoms with Gasteiger partial charge in [-0.15, -0.1) is 0 Å². The zero-order valence-corrected chi connectivity index (χ0v) is 17.2. The fraction of sp³-hybridized carbons (Fsp3) is 0.944. The Labute approximate surface area is 162 Å². The predicted molar refractivity (Wildman–Crippen MR) is 100 cm³/mol. The highest BCUT2D eigenvalue weighted by molar-refractivity contribution is 7.87. The molecule has 0 atom stereocenters. The van der Waals surface area contributed by atoms with E-state index < -0.39 is 22.0 Å². The summed E-state index contributed by atoms with van der Waals surface area (Å²) < 4.78 is 37.1. The fourth-order valence-electron chi connectivity index (χ4n) is 3.56. The summed E-state index contributed by atoms with van der Waals surface area (Å²) in [7, 11) is -4.17. The molecule has 1 amide bonds. The van der Waals surface area contributed by atoms with Gasteiger partial charge in [0.1, 0.15) is 0 Å². The summed E-state index contributed by atoms with van der Waals surface area (Å²) in [5.41, 5.74) is 0. The maximum atomic E-state index is 12.6. The van der Waals surface area contributed by atoms with Gasteiger partial charge in [-0.1, -0.05) is 24.2 Å². The van der Waals surface area contributed by atoms with E-state index in [0.29, 0.717) is 51.7 Å². The topological polar surface area (TPSA) is 96.4 Å². The van der Waals surface area contributed by atoms with Crippen LogP contribution in [0.25, 0.3) is 0 Å². The minimum atomic E-state index is -4.17. The van der Waals surface area contributed by atoms with Crippen molar-refractivity contribution in [3.8, 4) is 0 Å². The molecule has 2 aliphatic heterocycles. The molecule has 8 nitrogen and oxygen atoms in total. The Morgan fingerprint density at radius 2 is 1.81 bits per heavy atom. The van der Waals surface area contributed by atoms with Gasteiger partial charge in [0.2, 0.25) is 0 Å². The average molecular weight is 407 g/mol. The number of carbonyl (C=O) groups excluding carboxylic acids is 1. The van der Waals surface area contributed by atoms with E-state index in [9.17, 15) is 18.4 Å². The Morgan fingerprint density at radius 1 is 1.15 bits per heavy atom. The number of carbonyl (C=O) groups is 1. The summed E-state index contributed by atoms with van der Waals surface area (Å²) in [5.74, 6) is -0.831. The molecule has 0 saturated carbocycles. The number of hydroxylamine groups is 1. The normalized spacial score (nSPS) is 20.7. The third-order valence-electron chi connectivity index (χ3n) is 5.44. The van der Waals surface area contributed by atoms with E-state index in [0.717, 1.165) is 32.3 Å². The molecule has 2 heterocycles. The van der Waals surface area contributed by atoms with Gasteiger partial charge in [-0.3, -0.25) is 10.0 Å². The van der Waals surface area contributed by atoms with Crippen LogP contribution in [-0.4, -0.2) is 67.8 Å². The van der Waals surface area contributed by atoms with Gasteiger partial charge >= 0.3 is 10.2 Å². The molecule has 27 heavy (non-hydrogen) atoms. The van der Waals surface area contributed by atoms with Crippen molar-refractivity contribution in [2.45, 2.75) is 58.3 Å². The van der Waals surface area contributed by atoms with E-state index in [-0.39, 0.29) is 4.47 Å². The quantitative estimate of drug-likeness (QED) is 0.339. The lowest BCUT2D eigenvalue weighted by Crippen LogP contribution is -2.50. The summed E-state index contributed by atoms with van der Waals surface area (Å²) >= 11 is 0. The second-order valence-corrected chi connectivity index (χ2v) is 9.18. The van der Waals surface area contributed by atoms with Gasteiger partial charge in [0.15, 0.2) is 0 Å². The highest BCUT2D eigenvalue weighted by Gasteiger charge is 2.38. The molecule has 1 N–H and O–H groups in total. The first-order valence-corrected chi connectivity index (χ1v) is 11.5. The van der Waals surface area contributed by atoms with Gasteiger partial charge in [0.05, 0.1) is 0 Å². The van der Waals surface area contributed by atoms with E-state index in [4.69, 9.17) is 9.47 Å². The first-order valence-electron chi connectivity index (χ1n) is 10.2. The van der Waals surface area contributed by atoms with Gasteiger partial charge in [-0.05, 0) is 44.4 Å². The maximum Gasteiger partial charge on any atom is 0.329 e. The Kier molecular flexibility index (Phi) is 9.44. The van der Waals surface area contributed by atoms with E-state index in [1.54, 1.807) is 0 Å². The van der Waals surface area contributed by atoms with E-state index in [1.165, 1.54) is 17.1 Å². The van der Waals surface area contributed by atoms with Crippen molar-refractivity contribution in [2.24, 2.45) is 11.8 Å². The van der Waals surface area contributed by atoms with Crippen LogP contribution in [0.1, 0.15) is 58.3 Å². The molecule has 158 valence electrons. The van der Waals surface area contributed by atoms with Crippen LogP contribution in [0.5, 0.6) is 0 Å². The average Bonchev–Trinajstić information content (AvgIpc) is 2.70. The number of rotatable bonds is 10. The summed E-state index contributed by atoms with van der Waals surface area (Å²) in [4.78, 5) is 12.3. The van der Waals surface area contributed by atoms with Crippen molar-refractivity contribution in [1.29, 1.82) is 0 Å². The third-order valence-corrected chi connectivity index (χ3v) is 7.07. The van der Waals surface area contributed by atoms with Crippen molar-refractivity contribution in [1.82, 2.24) is 8.77 Å². The van der Waals surface area contributed by atoms with E-state index in [2.05, 4.69) is 6.92 Å². The largest absolute Gasteiger partial charge is 0.381 e. The SMILES string of the molecule is CCCCCOCCC1CCN(S(=O)(=O)N(O)C(=O)C2CCOCC2)CC1. The van der Waals surface area contributed by atoms with Crippen LogP contribution in [0.3, 0.4) is 0 Å². The maximum absolute atomic E-state index is 12.6. The molecule has 2 fully saturated rings. The Balaban J connectivity index is 1.74. The summed E-state index contributed by atoms with van der Waals surface area (Å²) in [5, 5.41) is 10.1. The molecule has 9 heteroatoms. The molecule has 0 aromatic heterocycles. The molecule has 2 saturated heterocycles. The molecular weight excluding hydrogens is 372 g/mol. The van der Waals surface area contributed by atoms with Crippen LogP contribution in [0.2, 0.25) is 0 Å². The first-order chi connectivity index (χ1) is 13.0. The molecule has 2 rings (SSSR count). The van der Waals surface area contributed by atoms with Crippen LogP contribution >= 0.6 is 0 Å². The summed E-state index contributed by atoms with van der Waals surface area (Å²) in [6.07, 6.45) is 6.67. The standard InChI is InChI=1S/C18H34N2O6S/c1-2-3-4-12-25-13-7-16-5-10-19(11-6-16)27(23,24)20(22)18(21)17-8-14-26-15-9-17/h16-17,22H,2-15H2,1H3. The second kappa shape index (κ2) is 11.3. The van der Waals surface area contributed by atoms with Gasteiger partial charge < -0.3 is 9.47 Å². The monoisotopic (exact) mass is 406 g/mol. The number of unbranched alkanes of at least 4 members (excludes halogenated alkanes) is 2. The van der Waals surface area contributed by atoms with Crippen LogP contribution in [0, 0.1) is 11.8 Å². The number of nitrogens with zero attached hydrogens (tertiary/aromatic N) is 2. The number of piperidine rings is 1. The van der Waals surface area contributed by atoms with Gasteiger partial charge in [-0.25, -0.2) is 0 Å². The first kappa shape index (κ1) is 22.5. The molecule has 0 aromatic rings. The number of hydrogen-bond acceptors (Lipinski definition) is 6. The van der Waals surface area contributed by atoms with Gasteiger partial charge in [0.25, 0.3) is 5.91 Å². The highest BCUT2D eigenvalue weighted by atomic mass is 32.2. The second-order valence-electron chi connectivity index (χ2n) is 7.43. The zero-order chi connectivity index (χ0) is 19.7. The summed E-state index contributed by atoms with van der Waals surface area (Å²) in [6, 6.07) is 0. The molecule has 0 bridgehead atoms. The molecule has 0 radical (unpaired) electrons. The minimum Gasteiger partial charge on any atom is -0.381 e. The minimum absolute atomic E-state index is 0.0415. The van der Waals surface area contributed by atoms with Crippen LogP contribution in [-0.2, 0) is 24.5 Å². The molecule has 2 aliphatic rings. The number of ether oxygens (including phenoxy) is 2. The van der Waals surface area contributed by atoms with E-state index in [1.807, 2.05) is 0 Å². The third kappa shape index (κ3) is 6.67. The Bertz CT molecular complexity index is 542. The van der Waals surface area contributed by atoms with Crippen molar-refractivity contribution in [2.75, 3.05) is 39.5 Å². The highest BCUT2D eigenvalue weighted by Crippen LogP contribution is 2.25. The van der Waals surface area contributed by atoms with Crippen molar-refractivity contribution < 1.29 is 27.9 Å². The van der Waals surface area contributed by atoms with Crippen molar-refractivity contribution in [3.63, 3.8) is 0 Å². The van der Waals surface area contributed by atoms with Crippen molar-refractivity contribution in [3.05, 3.63) is 0 Å². The van der Waals surface area contributed by atoms with Crippen molar-refractivity contribution >= 4 is 16.1 Å². The Morgan fingerprint density at radius 3 is 2.44 bits per heavy atom. The number of amides is 1.